The van der Waals surface area contributed by atoms with Crippen molar-refractivity contribution in [1.82, 2.24) is 10.2 Å². The van der Waals surface area contributed by atoms with Gasteiger partial charge in [0.15, 0.2) is 5.76 Å². The Labute approximate surface area is 363 Å². The summed E-state index contributed by atoms with van der Waals surface area (Å²) < 4.78 is 16.6. The van der Waals surface area contributed by atoms with Crippen LogP contribution in [0.1, 0.15) is 162 Å². The third-order valence-corrected chi connectivity index (χ3v) is 14.7. The van der Waals surface area contributed by atoms with Gasteiger partial charge in [-0.25, -0.2) is 14.5 Å². The van der Waals surface area contributed by atoms with E-state index in [4.69, 9.17) is 14.2 Å². The molecule has 7 atom stereocenters. The quantitative estimate of drug-likeness (QED) is 0.178. The van der Waals surface area contributed by atoms with Crippen molar-refractivity contribution in [2.75, 3.05) is 6.54 Å². The van der Waals surface area contributed by atoms with E-state index in [9.17, 15) is 33.9 Å². The number of esters is 2. The molecular formula is C49H72N2O10. The summed E-state index contributed by atoms with van der Waals surface area (Å²) in [7, 11) is 0. The molecule has 0 radical (unpaired) electrons. The summed E-state index contributed by atoms with van der Waals surface area (Å²) >= 11 is 0. The number of rotatable bonds is 8. The molecular weight excluding hydrogens is 777 g/mol. The van der Waals surface area contributed by atoms with Crippen molar-refractivity contribution in [2.24, 2.45) is 33.0 Å². The number of nitrogens with zero attached hydrogens (tertiary/aromatic N) is 1. The summed E-state index contributed by atoms with van der Waals surface area (Å²) in [6.07, 6.45) is 10.00. The molecule has 0 heterocycles. The highest BCUT2D eigenvalue weighted by atomic mass is 16.6. The van der Waals surface area contributed by atoms with Crippen molar-refractivity contribution < 1.29 is 48.1 Å². The summed E-state index contributed by atoms with van der Waals surface area (Å²) in [5, 5.41) is 13.5. The minimum absolute atomic E-state index is 0.0283. The van der Waals surface area contributed by atoms with Crippen LogP contribution in [-0.2, 0) is 38.2 Å². The zero-order chi connectivity index (χ0) is 46.1. The van der Waals surface area contributed by atoms with E-state index in [-0.39, 0.29) is 57.9 Å². The van der Waals surface area contributed by atoms with E-state index < -0.39 is 58.7 Å². The normalized spacial score (nSPS) is 31.7. The number of carbonyl (C=O) groups excluding carboxylic acids is 6. The fourth-order valence-corrected chi connectivity index (χ4v) is 11.1. The molecule has 2 N–H and O–H groups in total. The second kappa shape index (κ2) is 15.8. The number of hydrogen-bond acceptors (Lipinski definition) is 10. The van der Waals surface area contributed by atoms with Crippen molar-refractivity contribution in [2.45, 2.75) is 184 Å². The molecule has 5 aliphatic carbocycles. The number of ketones is 1. The van der Waals surface area contributed by atoms with E-state index in [0.717, 1.165) is 43.3 Å². The van der Waals surface area contributed by atoms with Crippen LogP contribution < -0.4 is 5.32 Å². The lowest BCUT2D eigenvalue weighted by molar-refractivity contribution is -0.171. The van der Waals surface area contributed by atoms with Crippen LogP contribution in [-0.4, -0.2) is 75.0 Å². The van der Waals surface area contributed by atoms with Gasteiger partial charge in [-0.1, -0.05) is 52.3 Å². The zero-order valence-electron chi connectivity index (χ0n) is 39.5. The SMILES string of the molecule is CC1=C(O)C(=O)C=C2C1=CC=C1[C@@]2(C)CC[C@@]2(C)[C@@H]3C[C@](C)(C(=O)NC(CCC(=O)N(CC(=O)OC(C)(C)C)C(=O)OC(C)(C)C)C(=O)OC(C)(C)C)CC[C@]3(C)CC[C@]12C. The molecule has 61 heavy (non-hydrogen) atoms. The Morgan fingerprint density at radius 3 is 2.00 bits per heavy atom. The van der Waals surface area contributed by atoms with E-state index in [0.29, 0.717) is 23.3 Å². The van der Waals surface area contributed by atoms with Crippen molar-refractivity contribution in [3.05, 3.63) is 46.3 Å². The number of amides is 3. The Morgan fingerprint density at radius 1 is 0.820 bits per heavy atom. The van der Waals surface area contributed by atoms with Crippen molar-refractivity contribution in [1.29, 1.82) is 0 Å². The summed E-state index contributed by atoms with van der Waals surface area (Å²) in [4.78, 5) is 82.1. The second-order valence-electron chi connectivity index (χ2n) is 22.8. The maximum absolute atomic E-state index is 14.7. The van der Waals surface area contributed by atoms with Gasteiger partial charge in [0, 0.05) is 22.8 Å². The van der Waals surface area contributed by atoms with Crippen LogP contribution >= 0.6 is 0 Å². The number of ether oxygens (including phenoxy) is 3. The molecule has 5 rings (SSSR count). The average molecular weight is 849 g/mol. The van der Waals surface area contributed by atoms with Gasteiger partial charge in [0.25, 0.3) is 0 Å². The first kappa shape index (κ1) is 47.8. The van der Waals surface area contributed by atoms with E-state index in [1.54, 1.807) is 75.3 Å². The van der Waals surface area contributed by atoms with Crippen LogP contribution in [0.4, 0.5) is 4.79 Å². The minimum Gasteiger partial charge on any atom is -0.504 e. The number of aliphatic hydroxyl groups is 1. The fourth-order valence-electron chi connectivity index (χ4n) is 11.1. The maximum atomic E-state index is 14.7. The van der Waals surface area contributed by atoms with Gasteiger partial charge >= 0.3 is 18.0 Å². The van der Waals surface area contributed by atoms with Crippen LogP contribution in [0.5, 0.6) is 0 Å². The van der Waals surface area contributed by atoms with Crippen molar-refractivity contribution in [3.8, 4) is 0 Å². The number of fused-ring (bicyclic) bond motifs is 7. The highest BCUT2D eigenvalue weighted by Crippen LogP contribution is 2.75. The largest absolute Gasteiger partial charge is 0.504 e. The number of imide groups is 1. The van der Waals surface area contributed by atoms with Gasteiger partial charge in [-0.05, 0) is 160 Å². The molecule has 0 aromatic rings. The molecule has 3 saturated carbocycles. The van der Waals surface area contributed by atoms with Crippen LogP contribution in [0.25, 0.3) is 0 Å². The molecule has 3 fully saturated rings. The van der Waals surface area contributed by atoms with Crippen LogP contribution in [0, 0.1) is 33.0 Å². The van der Waals surface area contributed by atoms with E-state index in [1.165, 1.54) is 5.57 Å². The topological polar surface area (TPSA) is 166 Å². The molecule has 12 nitrogen and oxygen atoms in total. The van der Waals surface area contributed by atoms with E-state index >= 15 is 0 Å². The first-order valence-electron chi connectivity index (χ1n) is 22.1. The number of aliphatic hydroxyl groups excluding tert-OH is 1. The van der Waals surface area contributed by atoms with Crippen LogP contribution in [0.15, 0.2) is 46.3 Å². The first-order valence-corrected chi connectivity index (χ1v) is 22.1. The summed E-state index contributed by atoms with van der Waals surface area (Å²) in [6.45, 7) is 27.6. The van der Waals surface area contributed by atoms with Crippen LogP contribution in [0.3, 0.4) is 0 Å². The Bertz CT molecular complexity index is 2000. The van der Waals surface area contributed by atoms with Gasteiger partial charge in [0.1, 0.15) is 29.4 Å². The average Bonchev–Trinajstić information content (AvgIpc) is 3.11. The molecule has 0 spiro atoms. The smallest absolute Gasteiger partial charge is 0.417 e. The lowest BCUT2D eigenvalue weighted by Crippen LogP contribution is -2.63. The Kier molecular flexibility index (Phi) is 12.4. The summed E-state index contributed by atoms with van der Waals surface area (Å²) in [6, 6.07) is -1.22. The van der Waals surface area contributed by atoms with Gasteiger partial charge in [0.2, 0.25) is 17.6 Å². The van der Waals surface area contributed by atoms with Crippen molar-refractivity contribution >= 4 is 35.6 Å². The Balaban J connectivity index is 1.41. The highest BCUT2D eigenvalue weighted by molar-refractivity contribution is 6.06. The fraction of sp³-hybridized carbons (Fsp3) is 0.714. The number of carbonyl (C=O) groups is 6. The number of nitrogens with one attached hydrogen (secondary N) is 1. The monoisotopic (exact) mass is 849 g/mol. The van der Waals surface area contributed by atoms with Crippen LogP contribution in [0.2, 0.25) is 0 Å². The van der Waals surface area contributed by atoms with Gasteiger partial charge in [-0.2, -0.15) is 0 Å². The highest BCUT2D eigenvalue weighted by Gasteiger charge is 2.67. The summed E-state index contributed by atoms with van der Waals surface area (Å²) in [5.74, 6) is -2.98. The molecule has 0 aliphatic heterocycles. The van der Waals surface area contributed by atoms with Gasteiger partial charge in [0.05, 0.1) is 0 Å². The molecule has 12 heteroatoms. The molecule has 1 unspecified atom stereocenters. The zero-order valence-corrected chi connectivity index (χ0v) is 39.5. The molecule has 338 valence electrons. The first-order chi connectivity index (χ1) is 27.7. The standard InChI is InChI=1S/C49H72N2O10/c1-29-30-16-18-34-47(13,31(30)26-33(52)38(29)55)23-25-49(15)35-27-46(12,21-20-45(35,11)22-24-48(34,49)14)40(57)50-32(39(56)60-43(5,6)7)17-19-36(53)51(41(58)61-44(8,9)10)28-37(54)59-42(2,3)4/h16,18,26,32,35,55H,17,19-25,27-28H2,1-15H3,(H,50,57)/t32?,35-,45-,46-,47+,48-,49+/m1/s1. The molecule has 0 saturated heterocycles. The lowest BCUT2D eigenvalue weighted by Gasteiger charge is -2.70. The predicted octanol–water partition coefficient (Wildman–Crippen LogP) is 9.33. The molecule has 0 aromatic heterocycles. The third kappa shape index (κ3) is 9.29. The minimum atomic E-state index is -1.22. The predicted molar refractivity (Wildman–Crippen MR) is 232 cm³/mol. The second-order valence-corrected chi connectivity index (χ2v) is 22.8. The molecule has 5 aliphatic rings. The lowest BCUT2D eigenvalue weighted by atomic mass is 9.34. The molecule has 0 bridgehead atoms. The maximum Gasteiger partial charge on any atom is 0.417 e. The van der Waals surface area contributed by atoms with Gasteiger partial charge < -0.3 is 24.6 Å². The molecule has 3 amide bonds. The Hall–Kier alpha value is -4.22. The molecule has 0 aromatic carbocycles. The number of hydrogen-bond donors (Lipinski definition) is 2. The van der Waals surface area contributed by atoms with Crippen molar-refractivity contribution in [3.63, 3.8) is 0 Å². The number of allylic oxidation sites excluding steroid dienone is 7. The van der Waals surface area contributed by atoms with E-state index in [1.807, 2.05) is 6.92 Å². The summed E-state index contributed by atoms with van der Waals surface area (Å²) in [5.41, 5.74) is -0.655. The van der Waals surface area contributed by atoms with E-state index in [2.05, 4.69) is 45.2 Å². The Morgan fingerprint density at radius 2 is 1.41 bits per heavy atom. The van der Waals surface area contributed by atoms with Gasteiger partial charge in [-0.3, -0.25) is 19.2 Å². The third-order valence-electron chi connectivity index (χ3n) is 14.7. The van der Waals surface area contributed by atoms with Gasteiger partial charge in [-0.15, -0.1) is 0 Å².